The van der Waals surface area contributed by atoms with Gasteiger partial charge in [0.15, 0.2) is 5.69 Å². The topological polar surface area (TPSA) is 79.4 Å². The summed E-state index contributed by atoms with van der Waals surface area (Å²) in [4.78, 5) is 12.1. The number of anilines is 1. The van der Waals surface area contributed by atoms with Crippen molar-refractivity contribution in [2.75, 3.05) is 18.9 Å². The fraction of sp³-hybridized carbons (Fsp3) is 0.667. The van der Waals surface area contributed by atoms with Crippen LogP contribution in [0.3, 0.4) is 0 Å². The van der Waals surface area contributed by atoms with Crippen LogP contribution >= 0.6 is 0 Å². The smallest absolute Gasteiger partial charge is 0.359 e. The van der Waals surface area contributed by atoms with Gasteiger partial charge in [-0.15, -0.1) is 0 Å². The molecule has 2 rings (SSSR count). The highest BCUT2D eigenvalue weighted by molar-refractivity contribution is 5.93. The number of ether oxygens (including phenoxy) is 2. The molecule has 1 saturated heterocycles. The Labute approximate surface area is 106 Å². The van der Waals surface area contributed by atoms with Crippen LogP contribution in [-0.2, 0) is 16.0 Å². The number of carbonyl (C=O) groups is 1. The second-order valence-corrected chi connectivity index (χ2v) is 4.41. The van der Waals surface area contributed by atoms with E-state index in [-0.39, 0.29) is 6.10 Å². The van der Waals surface area contributed by atoms with Crippen LogP contribution in [-0.4, -0.2) is 35.1 Å². The third-order valence-electron chi connectivity index (χ3n) is 3.06. The molecule has 0 saturated carbocycles. The van der Waals surface area contributed by atoms with Crippen LogP contribution in [0.2, 0.25) is 0 Å². The second-order valence-electron chi connectivity index (χ2n) is 4.41. The maximum absolute atomic E-state index is 12.1. The van der Waals surface area contributed by atoms with Gasteiger partial charge in [-0.25, -0.2) is 4.79 Å². The summed E-state index contributed by atoms with van der Waals surface area (Å²) in [5.74, 6) is -0.412. The van der Waals surface area contributed by atoms with E-state index in [0.717, 1.165) is 19.4 Å². The average Bonchev–Trinajstić information content (AvgIpc) is 2.66. The van der Waals surface area contributed by atoms with Gasteiger partial charge in [-0.2, -0.15) is 5.10 Å². The number of hydrogen-bond donors (Lipinski definition) is 1. The number of nitrogen functional groups attached to an aromatic ring is 1. The van der Waals surface area contributed by atoms with Gasteiger partial charge >= 0.3 is 5.97 Å². The van der Waals surface area contributed by atoms with Crippen molar-refractivity contribution in [1.29, 1.82) is 0 Å². The Morgan fingerprint density at radius 2 is 2.44 bits per heavy atom. The van der Waals surface area contributed by atoms with Gasteiger partial charge in [-0.1, -0.05) is 0 Å². The Morgan fingerprint density at radius 3 is 3.06 bits per heavy atom. The Balaban J connectivity index is 2.12. The van der Waals surface area contributed by atoms with Crippen molar-refractivity contribution in [2.45, 2.75) is 39.3 Å². The molecule has 0 spiro atoms. The predicted octanol–water partition coefficient (Wildman–Crippen LogP) is 1.13. The Hall–Kier alpha value is -1.56. The Kier molecular flexibility index (Phi) is 3.86. The van der Waals surface area contributed by atoms with E-state index in [0.29, 0.717) is 30.2 Å². The van der Waals surface area contributed by atoms with Crippen molar-refractivity contribution >= 4 is 11.7 Å². The molecule has 2 N–H and O–H groups in total. The van der Waals surface area contributed by atoms with E-state index < -0.39 is 5.97 Å². The molecule has 0 bridgehead atoms. The maximum atomic E-state index is 12.1. The average molecular weight is 253 g/mol. The molecular formula is C12H19N3O3. The van der Waals surface area contributed by atoms with Gasteiger partial charge in [-0.3, -0.25) is 4.68 Å². The number of nitrogens with two attached hydrogens (primary N) is 1. The molecule has 18 heavy (non-hydrogen) atoms. The highest BCUT2D eigenvalue weighted by Crippen LogP contribution is 2.19. The minimum absolute atomic E-state index is 0.175. The van der Waals surface area contributed by atoms with Crippen LogP contribution in [0.5, 0.6) is 0 Å². The molecule has 0 aliphatic carbocycles. The zero-order valence-corrected chi connectivity index (χ0v) is 10.8. The van der Waals surface area contributed by atoms with Crippen LogP contribution in [0.15, 0.2) is 0 Å². The summed E-state index contributed by atoms with van der Waals surface area (Å²) in [6, 6.07) is 0. The number of rotatable bonds is 3. The van der Waals surface area contributed by atoms with E-state index in [1.807, 2.05) is 6.92 Å². The molecule has 100 valence electrons. The molecule has 6 nitrogen and oxygen atoms in total. The third-order valence-corrected chi connectivity index (χ3v) is 3.06. The van der Waals surface area contributed by atoms with Crippen LogP contribution in [0, 0.1) is 6.92 Å². The number of esters is 1. The van der Waals surface area contributed by atoms with Crippen molar-refractivity contribution in [3.05, 3.63) is 11.4 Å². The molecule has 1 fully saturated rings. The summed E-state index contributed by atoms with van der Waals surface area (Å²) in [6.45, 7) is 5.48. The lowest BCUT2D eigenvalue weighted by Gasteiger charge is -2.22. The number of carbonyl (C=O) groups excluding carboxylic acids is 1. The first-order valence-corrected chi connectivity index (χ1v) is 6.25. The van der Waals surface area contributed by atoms with Gasteiger partial charge in [0.2, 0.25) is 0 Å². The SMILES string of the molecule is CCn1nc(C)c(N)c1C(=O)OC1CCCOC1. The summed E-state index contributed by atoms with van der Waals surface area (Å²) in [7, 11) is 0. The number of aromatic nitrogens is 2. The van der Waals surface area contributed by atoms with E-state index >= 15 is 0 Å². The lowest BCUT2D eigenvalue weighted by atomic mass is 10.2. The van der Waals surface area contributed by atoms with Crippen molar-refractivity contribution in [3.8, 4) is 0 Å². The molecule has 1 unspecified atom stereocenters. The monoisotopic (exact) mass is 253 g/mol. The van der Waals surface area contributed by atoms with Crippen LogP contribution in [0.25, 0.3) is 0 Å². The van der Waals surface area contributed by atoms with Crippen LogP contribution < -0.4 is 5.73 Å². The van der Waals surface area contributed by atoms with Gasteiger partial charge < -0.3 is 15.2 Å². The minimum atomic E-state index is -0.412. The molecule has 0 aromatic carbocycles. The number of hydrogen-bond acceptors (Lipinski definition) is 5. The third kappa shape index (κ3) is 2.48. The molecule has 0 radical (unpaired) electrons. The predicted molar refractivity (Wildman–Crippen MR) is 66.3 cm³/mol. The van der Waals surface area contributed by atoms with Gasteiger partial charge in [-0.05, 0) is 26.7 Å². The maximum Gasteiger partial charge on any atom is 0.359 e. The normalized spacial score (nSPS) is 19.8. The standard InChI is InChI=1S/C12H19N3O3/c1-3-15-11(10(13)8(2)14-15)12(16)18-9-5-4-6-17-7-9/h9H,3-7,13H2,1-2H3. The summed E-state index contributed by atoms with van der Waals surface area (Å²) >= 11 is 0. The highest BCUT2D eigenvalue weighted by atomic mass is 16.6. The molecule has 1 atom stereocenters. The fourth-order valence-electron chi connectivity index (χ4n) is 2.05. The minimum Gasteiger partial charge on any atom is -0.455 e. The molecule has 6 heteroatoms. The number of aryl methyl sites for hydroxylation is 2. The van der Waals surface area contributed by atoms with Crippen molar-refractivity contribution in [1.82, 2.24) is 9.78 Å². The largest absolute Gasteiger partial charge is 0.455 e. The van der Waals surface area contributed by atoms with Gasteiger partial charge in [0.1, 0.15) is 6.10 Å². The molecular weight excluding hydrogens is 234 g/mol. The summed E-state index contributed by atoms with van der Waals surface area (Å²) in [6.07, 6.45) is 1.58. The van der Waals surface area contributed by atoms with E-state index in [2.05, 4.69) is 5.10 Å². The highest BCUT2D eigenvalue weighted by Gasteiger charge is 2.25. The zero-order chi connectivity index (χ0) is 13.1. The van der Waals surface area contributed by atoms with Crippen LogP contribution in [0.1, 0.15) is 35.9 Å². The lowest BCUT2D eigenvalue weighted by molar-refractivity contribution is -0.0312. The van der Waals surface area contributed by atoms with Crippen molar-refractivity contribution in [2.24, 2.45) is 0 Å². The zero-order valence-electron chi connectivity index (χ0n) is 10.8. The van der Waals surface area contributed by atoms with E-state index in [4.69, 9.17) is 15.2 Å². The lowest BCUT2D eigenvalue weighted by Crippen LogP contribution is -2.29. The quantitative estimate of drug-likeness (QED) is 0.817. The van der Waals surface area contributed by atoms with Crippen LogP contribution in [0.4, 0.5) is 5.69 Å². The first-order chi connectivity index (χ1) is 8.63. The summed E-state index contributed by atoms with van der Waals surface area (Å²) in [5.41, 5.74) is 7.28. The second kappa shape index (κ2) is 5.39. The first-order valence-electron chi connectivity index (χ1n) is 6.25. The Morgan fingerprint density at radius 1 is 1.67 bits per heavy atom. The van der Waals surface area contributed by atoms with E-state index in [9.17, 15) is 4.79 Å². The van der Waals surface area contributed by atoms with E-state index in [1.165, 1.54) is 0 Å². The van der Waals surface area contributed by atoms with Gasteiger partial charge in [0, 0.05) is 13.2 Å². The van der Waals surface area contributed by atoms with E-state index in [1.54, 1.807) is 11.6 Å². The fourth-order valence-corrected chi connectivity index (χ4v) is 2.05. The molecule has 1 aromatic heterocycles. The molecule has 2 heterocycles. The molecule has 1 aromatic rings. The van der Waals surface area contributed by atoms with Gasteiger partial charge in [0.05, 0.1) is 18.0 Å². The van der Waals surface area contributed by atoms with Gasteiger partial charge in [0.25, 0.3) is 0 Å². The van der Waals surface area contributed by atoms with Crippen molar-refractivity contribution in [3.63, 3.8) is 0 Å². The molecule has 1 aliphatic rings. The first kappa shape index (κ1) is 12.9. The summed E-state index contributed by atoms with van der Waals surface area (Å²) in [5, 5.41) is 4.20. The van der Waals surface area contributed by atoms with Crippen molar-refractivity contribution < 1.29 is 14.3 Å². The number of nitrogens with zero attached hydrogens (tertiary/aromatic N) is 2. The molecule has 0 amide bonds. The summed E-state index contributed by atoms with van der Waals surface area (Å²) < 4.78 is 12.3. The Bertz CT molecular complexity index is 436. The molecule has 1 aliphatic heterocycles.